The van der Waals surface area contributed by atoms with Gasteiger partial charge in [0.15, 0.2) is 0 Å². The zero-order valence-corrected chi connectivity index (χ0v) is 11.2. The Hall–Kier alpha value is -1.39. The second-order valence-corrected chi connectivity index (χ2v) is 5.18. The summed E-state index contributed by atoms with van der Waals surface area (Å²) in [6.45, 7) is 7.25. The van der Waals surface area contributed by atoms with Crippen molar-refractivity contribution in [3.63, 3.8) is 0 Å². The maximum atomic E-state index is 12.2. The summed E-state index contributed by atoms with van der Waals surface area (Å²) in [4.78, 5) is 12.2. The average Bonchev–Trinajstić information content (AvgIpc) is 2.25. The molecule has 3 N–H and O–H groups in total. The Labute approximate surface area is 108 Å². The van der Waals surface area contributed by atoms with Gasteiger partial charge in [0.25, 0.3) is 0 Å². The first-order chi connectivity index (χ1) is 8.48. The van der Waals surface area contributed by atoms with E-state index in [4.69, 9.17) is 10.5 Å². The van der Waals surface area contributed by atoms with Crippen LogP contribution >= 0.6 is 0 Å². The number of benzene rings is 1. The monoisotopic (exact) mass is 248 g/mol. The minimum atomic E-state index is -0.536. The van der Waals surface area contributed by atoms with Crippen molar-refractivity contribution in [1.29, 1.82) is 0 Å². The molecule has 1 aliphatic rings. The Kier molecular flexibility index (Phi) is 3.41. The number of carbonyl (C=O) groups excluding carboxylic acids is 1. The van der Waals surface area contributed by atoms with Crippen molar-refractivity contribution in [1.82, 2.24) is 0 Å². The first kappa shape index (κ1) is 13.1. The van der Waals surface area contributed by atoms with Crippen LogP contribution in [0.25, 0.3) is 0 Å². The SMILES string of the molecule is Cc1cc(C)c(NC(=O)C2(CN)COC2)cc1C. The van der Waals surface area contributed by atoms with Gasteiger partial charge in [-0.3, -0.25) is 4.79 Å². The summed E-state index contributed by atoms with van der Waals surface area (Å²) < 4.78 is 5.12. The molecule has 1 fully saturated rings. The number of carbonyl (C=O) groups is 1. The van der Waals surface area contributed by atoms with E-state index in [0.29, 0.717) is 19.8 Å². The van der Waals surface area contributed by atoms with Gasteiger partial charge in [0, 0.05) is 12.2 Å². The van der Waals surface area contributed by atoms with E-state index in [1.54, 1.807) is 0 Å². The van der Waals surface area contributed by atoms with Crippen LogP contribution in [0.5, 0.6) is 0 Å². The molecule has 0 spiro atoms. The maximum Gasteiger partial charge on any atom is 0.236 e. The van der Waals surface area contributed by atoms with E-state index in [0.717, 1.165) is 11.3 Å². The van der Waals surface area contributed by atoms with E-state index >= 15 is 0 Å². The normalized spacial score (nSPS) is 17.1. The highest BCUT2D eigenvalue weighted by Gasteiger charge is 2.44. The average molecular weight is 248 g/mol. The van der Waals surface area contributed by atoms with Gasteiger partial charge in [0.05, 0.1) is 13.2 Å². The molecule has 1 saturated heterocycles. The van der Waals surface area contributed by atoms with Crippen molar-refractivity contribution < 1.29 is 9.53 Å². The molecule has 0 unspecified atom stereocenters. The molecule has 4 heteroatoms. The zero-order valence-electron chi connectivity index (χ0n) is 11.2. The van der Waals surface area contributed by atoms with Gasteiger partial charge in [-0.1, -0.05) is 6.07 Å². The molecule has 18 heavy (non-hydrogen) atoms. The lowest BCUT2D eigenvalue weighted by Crippen LogP contribution is -2.56. The minimum absolute atomic E-state index is 0.0393. The molecule has 1 aromatic carbocycles. The fourth-order valence-corrected chi connectivity index (χ4v) is 2.04. The van der Waals surface area contributed by atoms with Gasteiger partial charge in [0.1, 0.15) is 5.41 Å². The summed E-state index contributed by atoms with van der Waals surface area (Å²) in [5.41, 5.74) is 9.47. The summed E-state index contributed by atoms with van der Waals surface area (Å²) in [6, 6.07) is 4.09. The second kappa shape index (κ2) is 4.71. The highest BCUT2D eigenvalue weighted by atomic mass is 16.5. The van der Waals surface area contributed by atoms with Crippen LogP contribution in [0.3, 0.4) is 0 Å². The number of nitrogens with one attached hydrogen (secondary N) is 1. The maximum absolute atomic E-state index is 12.2. The smallest absolute Gasteiger partial charge is 0.236 e. The lowest BCUT2D eigenvalue weighted by molar-refractivity contribution is -0.153. The van der Waals surface area contributed by atoms with E-state index in [2.05, 4.69) is 18.3 Å². The van der Waals surface area contributed by atoms with E-state index in [-0.39, 0.29) is 5.91 Å². The van der Waals surface area contributed by atoms with Crippen LogP contribution in [0, 0.1) is 26.2 Å². The number of hydrogen-bond donors (Lipinski definition) is 2. The Morgan fingerprint density at radius 1 is 1.28 bits per heavy atom. The third-order valence-corrected chi connectivity index (χ3v) is 3.72. The topological polar surface area (TPSA) is 64.4 Å². The molecule has 1 aliphatic heterocycles. The minimum Gasteiger partial charge on any atom is -0.379 e. The van der Waals surface area contributed by atoms with E-state index in [1.807, 2.05) is 19.9 Å². The van der Waals surface area contributed by atoms with Gasteiger partial charge in [0.2, 0.25) is 5.91 Å². The Balaban J connectivity index is 2.19. The van der Waals surface area contributed by atoms with Crippen LogP contribution in [0.4, 0.5) is 5.69 Å². The molecular formula is C14H20N2O2. The number of aryl methyl sites for hydroxylation is 3. The summed E-state index contributed by atoms with van der Waals surface area (Å²) in [6.07, 6.45) is 0. The van der Waals surface area contributed by atoms with E-state index < -0.39 is 5.41 Å². The number of amides is 1. The number of rotatable bonds is 3. The number of hydrogen-bond acceptors (Lipinski definition) is 3. The van der Waals surface area contributed by atoms with Crippen molar-refractivity contribution in [3.8, 4) is 0 Å². The largest absolute Gasteiger partial charge is 0.379 e. The Morgan fingerprint density at radius 3 is 2.39 bits per heavy atom. The van der Waals surface area contributed by atoms with Gasteiger partial charge >= 0.3 is 0 Å². The van der Waals surface area contributed by atoms with E-state index in [1.165, 1.54) is 11.1 Å². The van der Waals surface area contributed by atoms with Crippen LogP contribution in [0.1, 0.15) is 16.7 Å². The van der Waals surface area contributed by atoms with Crippen LogP contribution in [0.15, 0.2) is 12.1 Å². The molecule has 1 aromatic rings. The van der Waals surface area contributed by atoms with Crippen molar-refractivity contribution in [2.75, 3.05) is 25.1 Å². The second-order valence-electron chi connectivity index (χ2n) is 5.18. The molecule has 0 saturated carbocycles. The Morgan fingerprint density at radius 2 is 1.89 bits per heavy atom. The van der Waals surface area contributed by atoms with Crippen LogP contribution in [0.2, 0.25) is 0 Å². The fourth-order valence-electron chi connectivity index (χ4n) is 2.04. The number of ether oxygens (including phenoxy) is 1. The lowest BCUT2D eigenvalue weighted by Gasteiger charge is -2.38. The third kappa shape index (κ3) is 2.13. The van der Waals surface area contributed by atoms with E-state index in [9.17, 15) is 4.79 Å². The van der Waals surface area contributed by atoms with Gasteiger partial charge in [-0.25, -0.2) is 0 Å². The predicted molar refractivity (Wildman–Crippen MR) is 71.6 cm³/mol. The molecule has 0 aliphatic carbocycles. The fraction of sp³-hybridized carbons (Fsp3) is 0.500. The third-order valence-electron chi connectivity index (χ3n) is 3.72. The van der Waals surface area contributed by atoms with Crippen molar-refractivity contribution in [2.24, 2.45) is 11.1 Å². The quantitative estimate of drug-likeness (QED) is 0.852. The lowest BCUT2D eigenvalue weighted by atomic mass is 9.85. The summed E-state index contributed by atoms with van der Waals surface area (Å²) in [7, 11) is 0. The molecule has 0 bridgehead atoms. The number of anilines is 1. The molecule has 2 rings (SSSR count). The van der Waals surface area contributed by atoms with Crippen LogP contribution in [-0.4, -0.2) is 25.7 Å². The van der Waals surface area contributed by atoms with Gasteiger partial charge < -0.3 is 15.8 Å². The van der Waals surface area contributed by atoms with Gasteiger partial charge in [-0.2, -0.15) is 0 Å². The molecule has 4 nitrogen and oxygen atoms in total. The summed E-state index contributed by atoms with van der Waals surface area (Å²) in [5.74, 6) is -0.0393. The van der Waals surface area contributed by atoms with Gasteiger partial charge in [-0.05, 0) is 43.5 Å². The Bertz CT molecular complexity index is 473. The first-order valence-corrected chi connectivity index (χ1v) is 6.16. The van der Waals surface area contributed by atoms with Crippen molar-refractivity contribution in [3.05, 3.63) is 28.8 Å². The van der Waals surface area contributed by atoms with Crippen molar-refractivity contribution in [2.45, 2.75) is 20.8 Å². The van der Waals surface area contributed by atoms with Gasteiger partial charge in [-0.15, -0.1) is 0 Å². The van der Waals surface area contributed by atoms with Crippen LogP contribution in [-0.2, 0) is 9.53 Å². The summed E-state index contributed by atoms with van der Waals surface area (Å²) in [5, 5.41) is 2.97. The predicted octanol–water partition coefficient (Wildman–Crippen LogP) is 1.53. The molecule has 0 radical (unpaired) electrons. The molecule has 0 atom stereocenters. The zero-order chi connectivity index (χ0) is 13.3. The molecule has 98 valence electrons. The molecule has 0 aromatic heterocycles. The standard InChI is InChI=1S/C14H20N2O2/c1-9-4-11(3)12(5-10(9)2)16-13(17)14(6-15)7-18-8-14/h4-5H,6-8,15H2,1-3H3,(H,16,17). The first-order valence-electron chi connectivity index (χ1n) is 6.16. The molecular weight excluding hydrogens is 228 g/mol. The molecule has 1 amide bonds. The number of nitrogens with two attached hydrogens (primary N) is 1. The molecule has 1 heterocycles. The van der Waals surface area contributed by atoms with Crippen LogP contribution < -0.4 is 11.1 Å². The summed E-state index contributed by atoms with van der Waals surface area (Å²) >= 11 is 0. The highest BCUT2D eigenvalue weighted by molar-refractivity contribution is 5.97. The highest BCUT2D eigenvalue weighted by Crippen LogP contribution is 2.29. The van der Waals surface area contributed by atoms with Crippen molar-refractivity contribution >= 4 is 11.6 Å².